The van der Waals surface area contributed by atoms with Gasteiger partial charge in [0, 0.05) is 30.5 Å². The molecule has 6 nitrogen and oxygen atoms in total. The van der Waals surface area contributed by atoms with E-state index in [1.165, 1.54) is 6.42 Å². The lowest BCUT2D eigenvalue weighted by molar-refractivity contribution is 0.0726. The molecule has 1 aliphatic rings. The van der Waals surface area contributed by atoms with Crippen LogP contribution in [0.15, 0.2) is 54.7 Å². The van der Waals surface area contributed by atoms with E-state index < -0.39 is 0 Å². The average molecular weight is 371 g/mol. The number of carbonyl (C=O) groups is 1. The number of fused-ring (bicyclic) bond motifs is 2. The molecule has 1 aliphatic heterocycles. The van der Waals surface area contributed by atoms with E-state index in [0.717, 1.165) is 59.0 Å². The molecular formula is C22H21N5O. The first kappa shape index (κ1) is 16.7. The number of aromatic amines is 1. The fourth-order valence-corrected chi connectivity index (χ4v) is 3.89. The average Bonchev–Trinajstić information content (AvgIpc) is 3.16. The van der Waals surface area contributed by atoms with Crippen molar-refractivity contribution in [3.8, 4) is 0 Å². The van der Waals surface area contributed by atoms with Crippen LogP contribution in [-0.4, -0.2) is 39.1 Å². The quantitative estimate of drug-likeness (QED) is 0.557. The molecule has 3 heterocycles. The second-order valence-corrected chi connectivity index (χ2v) is 7.19. The summed E-state index contributed by atoms with van der Waals surface area (Å²) in [6.45, 7) is 1.71. The Kier molecular flexibility index (Phi) is 4.16. The lowest BCUT2D eigenvalue weighted by Crippen LogP contribution is -2.35. The minimum absolute atomic E-state index is 0.133. The predicted molar refractivity (Wildman–Crippen MR) is 111 cm³/mol. The number of rotatable bonds is 3. The summed E-state index contributed by atoms with van der Waals surface area (Å²) in [7, 11) is 0. The van der Waals surface area contributed by atoms with Gasteiger partial charge in [-0.05, 0) is 60.4 Å². The second kappa shape index (κ2) is 6.96. The number of amides is 1. The van der Waals surface area contributed by atoms with E-state index in [9.17, 15) is 4.79 Å². The number of pyridine rings is 1. The van der Waals surface area contributed by atoms with Crippen molar-refractivity contribution in [2.75, 3.05) is 18.4 Å². The van der Waals surface area contributed by atoms with Gasteiger partial charge in [0.2, 0.25) is 0 Å². The van der Waals surface area contributed by atoms with E-state index >= 15 is 0 Å². The van der Waals surface area contributed by atoms with Crippen molar-refractivity contribution in [1.29, 1.82) is 0 Å². The smallest absolute Gasteiger partial charge is 0.254 e. The molecule has 6 heteroatoms. The zero-order chi connectivity index (χ0) is 18.9. The zero-order valence-electron chi connectivity index (χ0n) is 15.5. The SMILES string of the molecule is O=C(c1cccc2cc(Nc3n[nH]c4cccnc34)ccc12)N1CCCCC1. The fourth-order valence-electron chi connectivity index (χ4n) is 3.89. The van der Waals surface area contributed by atoms with Gasteiger partial charge >= 0.3 is 0 Å². The molecule has 5 rings (SSSR count). The Morgan fingerprint density at radius 2 is 1.93 bits per heavy atom. The van der Waals surface area contributed by atoms with Gasteiger partial charge < -0.3 is 10.2 Å². The Morgan fingerprint density at radius 1 is 1.04 bits per heavy atom. The van der Waals surface area contributed by atoms with Gasteiger partial charge in [0.1, 0.15) is 5.52 Å². The maximum atomic E-state index is 13.0. The summed E-state index contributed by atoms with van der Waals surface area (Å²) in [6.07, 6.45) is 5.15. The number of aromatic nitrogens is 3. The molecule has 0 saturated carbocycles. The molecular weight excluding hydrogens is 350 g/mol. The molecule has 0 radical (unpaired) electrons. The Bertz CT molecular complexity index is 1160. The van der Waals surface area contributed by atoms with E-state index in [-0.39, 0.29) is 5.91 Å². The summed E-state index contributed by atoms with van der Waals surface area (Å²) in [5, 5.41) is 12.6. The summed E-state index contributed by atoms with van der Waals surface area (Å²) >= 11 is 0. The van der Waals surface area contributed by atoms with Gasteiger partial charge in [-0.3, -0.25) is 14.9 Å². The molecule has 1 saturated heterocycles. The van der Waals surface area contributed by atoms with Crippen LogP contribution in [0, 0.1) is 0 Å². The first-order valence-corrected chi connectivity index (χ1v) is 9.68. The predicted octanol–water partition coefficient (Wildman–Crippen LogP) is 4.48. The molecule has 0 spiro atoms. The molecule has 28 heavy (non-hydrogen) atoms. The van der Waals surface area contributed by atoms with E-state index in [0.29, 0.717) is 5.82 Å². The highest BCUT2D eigenvalue weighted by Crippen LogP contribution is 2.27. The van der Waals surface area contributed by atoms with Crippen molar-refractivity contribution < 1.29 is 4.79 Å². The Balaban J connectivity index is 1.47. The number of anilines is 2. The van der Waals surface area contributed by atoms with Crippen LogP contribution in [0.4, 0.5) is 11.5 Å². The van der Waals surface area contributed by atoms with Gasteiger partial charge in [0.25, 0.3) is 5.91 Å². The van der Waals surface area contributed by atoms with Crippen LogP contribution in [0.1, 0.15) is 29.6 Å². The summed E-state index contributed by atoms with van der Waals surface area (Å²) in [5.41, 5.74) is 3.38. The van der Waals surface area contributed by atoms with E-state index in [1.54, 1.807) is 6.20 Å². The van der Waals surface area contributed by atoms with Crippen molar-refractivity contribution in [3.63, 3.8) is 0 Å². The van der Waals surface area contributed by atoms with Crippen LogP contribution in [0.3, 0.4) is 0 Å². The van der Waals surface area contributed by atoms with Gasteiger partial charge in [-0.25, -0.2) is 0 Å². The molecule has 0 atom stereocenters. The van der Waals surface area contributed by atoms with Crippen LogP contribution in [0.2, 0.25) is 0 Å². The normalized spacial score (nSPS) is 14.5. The fraction of sp³-hybridized carbons (Fsp3) is 0.227. The highest BCUT2D eigenvalue weighted by molar-refractivity contribution is 6.07. The molecule has 1 fully saturated rings. The number of hydrogen-bond acceptors (Lipinski definition) is 4. The van der Waals surface area contributed by atoms with Crippen molar-refractivity contribution in [3.05, 3.63) is 60.3 Å². The zero-order valence-corrected chi connectivity index (χ0v) is 15.5. The summed E-state index contributed by atoms with van der Waals surface area (Å²) in [4.78, 5) is 19.3. The van der Waals surface area contributed by atoms with Crippen LogP contribution in [-0.2, 0) is 0 Å². The van der Waals surface area contributed by atoms with E-state index in [2.05, 4.69) is 20.5 Å². The van der Waals surface area contributed by atoms with Gasteiger partial charge in [-0.2, -0.15) is 5.10 Å². The monoisotopic (exact) mass is 371 g/mol. The molecule has 1 amide bonds. The largest absolute Gasteiger partial charge is 0.339 e. The van der Waals surface area contributed by atoms with Crippen molar-refractivity contribution in [2.24, 2.45) is 0 Å². The standard InChI is InChI=1S/C22H21N5O/c28-22(27-12-2-1-3-13-27)18-7-4-6-15-14-16(9-10-17(15)18)24-21-20-19(25-26-21)8-5-11-23-20/h4-11,14H,1-3,12-13H2,(H2,24,25,26). The van der Waals surface area contributed by atoms with E-state index in [4.69, 9.17) is 0 Å². The molecule has 0 unspecified atom stereocenters. The molecule has 2 aromatic heterocycles. The third-order valence-electron chi connectivity index (χ3n) is 5.34. The Hall–Kier alpha value is -3.41. The lowest BCUT2D eigenvalue weighted by atomic mass is 10.0. The molecule has 140 valence electrons. The maximum Gasteiger partial charge on any atom is 0.254 e. The molecule has 0 bridgehead atoms. The van der Waals surface area contributed by atoms with Gasteiger partial charge in [0.05, 0.1) is 5.52 Å². The van der Waals surface area contributed by atoms with E-state index in [1.807, 2.05) is 53.4 Å². The highest BCUT2D eigenvalue weighted by Gasteiger charge is 2.20. The lowest BCUT2D eigenvalue weighted by Gasteiger charge is -2.27. The summed E-state index contributed by atoms with van der Waals surface area (Å²) < 4.78 is 0. The first-order valence-electron chi connectivity index (χ1n) is 9.68. The van der Waals surface area contributed by atoms with Crippen LogP contribution >= 0.6 is 0 Å². The number of H-pyrrole nitrogens is 1. The minimum Gasteiger partial charge on any atom is -0.339 e. The Labute approximate surface area is 162 Å². The van der Waals surface area contributed by atoms with Crippen LogP contribution in [0.5, 0.6) is 0 Å². The van der Waals surface area contributed by atoms with Crippen molar-refractivity contribution in [2.45, 2.75) is 19.3 Å². The second-order valence-electron chi connectivity index (χ2n) is 7.19. The van der Waals surface area contributed by atoms with Gasteiger partial charge in [-0.15, -0.1) is 0 Å². The number of piperidine rings is 1. The number of carbonyl (C=O) groups excluding carboxylic acids is 1. The van der Waals surface area contributed by atoms with Gasteiger partial charge in [-0.1, -0.05) is 18.2 Å². The number of benzene rings is 2. The number of likely N-dealkylation sites (tertiary alicyclic amines) is 1. The van der Waals surface area contributed by atoms with Crippen LogP contribution < -0.4 is 5.32 Å². The third-order valence-corrected chi connectivity index (χ3v) is 5.34. The number of nitrogens with zero attached hydrogens (tertiary/aromatic N) is 3. The van der Waals surface area contributed by atoms with Crippen molar-refractivity contribution in [1.82, 2.24) is 20.1 Å². The van der Waals surface area contributed by atoms with Crippen molar-refractivity contribution >= 4 is 39.2 Å². The summed E-state index contributed by atoms with van der Waals surface area (Å²) in [6, 6.07) is 15.8. The molecule has 0 aliphatic carbocycles. The summed E-state index contributed by atoms with van der Waals surface area (Å²) in [5.74, 6) is 0.823. The number of nitrogens with one attached hydrogen (secondary N) is 2. The first-order chi connectivity index (χ1) is 13.8. The van der Waals surface area contributed by atoms with Crippen LogP contribution in [0.25, 0.3) is 21.8 Å². The molecule has 2 aromatic carbocycles. The topological polar surface area (TPSA) is 73.9 Å². The maximum absolute atomic E-state index is 13.0. The number of hydrogen-bond donors (Lipinski definition) is 2. The highest BCUT2D eigenvalue weighted by atomic mass is 16.2. The third kappa shape index (κ3) is 2.97. The molecule has 2 N–H and O–H groups in total. The van der Waals surface area contributed by atoms with Gasteiger partial charge in [0.15, 0.2) is 5.82 Å². The minimum atomic E-state index is 0.133. The molecule has 4 aromatic rings. The Morgan fingerprint density at radius 3 is 2.82 bits per heavy atom.